The van der Waals surface area contributed by atoms with E-state index >= 15 is 0 Å². The first-order chi connectivity index (χ1) is 11.7. The number of aliphatic imine (C=N–C) groups is 1. The second-order valence-electron chi connectivity index (χ2n) is 5.78. The zero-order chi connectivity index (χ0) is 16.8. The molecule has 1 N–H and O–H groups in total. The molecule has 0 atom stereocenters. The van der Waals surface area contributed by atoms with E-state index in [4.69, 9.17) is 0 Å². The maximum absolute atomic E-state index is 12.3. The first-order valence-electron chi connectivity index (χ1n) is 8.03. The summed E-state index contributed by atoms with van der Waals surface area (Å²) >= 11 is 0. The SMILES string of the molecule is CC1=CC(=NCc2ccccc2)C(=O)C=C1NCc1ccccc1. The smallest absolute Gasteiger partial charge is 0.205 e. The van der Waals surface area contributed by atoms with Crippen LogP contribution in [-0.2, 0) is 17.9 Å². The number of carbonyl (C=O) groups is 1. The highest BCUT2D eigenvalue weighted by Gasteiger charge is 2.15. The zero-order valence-electron chi connectivity index (χ0n) is 13.7. The van der Waals surface area contributed by atoms with Gasteiger partial charge in [-0.1, -0.05) is 60.7 Å². The van der Waals surface area contributed by atoms with Crippen molar-refractivity contribution in [2.45, 2.75) is 20.0 Å². The van der Waals surface area contributed by atoms with Crippen LogP contribution in [-0.4, -0.2) is 11.5 Å². The molecule has 0 spiro atoms. The van der Waals surface area contributed by atoms with Crippen LogP contribution < -0.4 is 5.32 Å². The minimum absolute atomic E-state index is 0.0490. The molecule has 0 aliphatic heterocycles. The largest absolute Gasteiger partial charge is 0.381 e. The average molecular weight is 316 g/mol. The molecule has 2 aromatic rings. The molecule has 0 radical (unpaired) electrons. The summed E-state index contributed by atoms with van der Waals surface area (Å²) in [7, 11) is 0. The second kappa shape index (κ2) is 7.55. The molecule has 0 amide bonds. The van der Waals surface area contributed by atoms with Gasteiger partial charge in [-0.25, -0.2) is 0 Å². The van der Waals surface area contributed by atoms with Crippen molar-refractivity contribution in [1.82, 2.24) is 5.32 Å². The Balaban J connectivity index is 1.66. The van der Waals surface area contributed by atoms with Crippen LogP contribution in [0.5, 0.6) is 0 Å². The van der Waals surface area contributed by atoms with Crippen LogP contribution in [0.1, 0.15) is 18.1 Å². The minimum Gasteiger partial charge on any atom is -0.381 e. The van der Waals surface area contributed by atoms with E-state index in [1.54, 1.807) is 6.08 Å². The van der Waals surface area contributed by atoms with Gasteiger partial charge in [0.2, 0.25) is 5.78 Å². The average Bonchev–Trinajstić information content (AvgIpc) is 2.62. The zero-order valence-corrected chi connectivity index (χ0v) is 13.7. The van der Waals surface area contributed by atoms with Crippen molar-refractivity contribution in [1.29, 1.82) is 0 Å². The number of hydrogen-bond acceptors (Lipinski definition) is 3. The Bertz CT molecular complexity index is 802. The van der Waals surface area contributed by atoms with Gasteiger partial charge in [0, 0.05) is 18.3 Å². The van der Waals surface area contributed by atoms with E-state index in [1.165, 1.54) is 5.56 Å². The van der Waals surface area contributed by atoms with Gasteiger partial charge in [0.25, 0.3) is 0 Å². The molecule has 3 rings (SSSR count). The molecule has 0 bridgehead atoms. The number of ketones is 1. The number of benzene rings is 2. The quantitative estimate of drug-likeness (QED) is 0.852. The Hall–Kier alpha value is -2.94. The highest BCUT2D eigenvalue weighted by molar-refractivity contribution is 6.49. The summed E-state index contributed by atoms with van der Waals surface area (Å²) in [4.78, 5) is 16.7. The summed E-state index contributed by atoms with van der Waals surface area (Å²) in [6, 6.07) is 20.1. The van der Waals surface area contributed by atoms with Crippen LogP contribution in [0.25, 0.3) is 0 Å². The Kier molecular flexibility index (Phi) is 5.02. The Morgan fingerprint density at radius 1 is 0.875 bits per heavy atom. The third kappa shape index (κ3) is 4.07. The van der Waals surface area contributed by atoms with E-state index in [-0.39, 0.29) is 5.78 Å². The van der Waals surface area contributed by atoms with Crippen molar-refractivity contribution in [2.24, 2.45) is 4.99 Å². The molecule has 3 nitrogen and oxygen atoms in total. The molecular formula is C21H20N2O. The maximum Gasteiger partial charge on any atom is 0.205 e. The first-order valence-corrected chi connectivity index (χ1v) is 8.03. The molecule has 0 aromatic heterocycles. The van der Waals surface area contributed by atoms with Gasteiger partial charge in [0.05, 0.1) is 6.54 Å². The number of hydrogen-bond donors (Lipinski definition) is 1. The monoisotopic (exact) mass is 316 g/mol. The summed E-state index contributed by atoms with van der Waals surface area (Å²) in [5.41, 5.74) is 4.68. The lowest BCUT2D eigenvalue weighted by Gasteiger charge is -2.16. The molecule has 0 saturated carbocycles. The third-order valence-electron chi connectivity index (χ3n) is 3.91. The fraction of sp³-hybridized carbons (Fsp3) is 0.143. The lowest BCUT2D eigenvalue weighted by atomic mass is 10.0. The first kappa shape index (κ1) is 15.9. The van der Waals surface area contributed by atoms with Crippen LogP contribution in [0.15, 0.2) is 89.1 Å². The molecular weight excluding hydrogens is 296 g/mol. The van der Waals surface area contributed by atoms with Gasteiger partial charge in [-0.3, -0.25) is 9.79 Å². The molecule has 0 heterocycles. The fourth-order valence-electron chi connectivity index (χ4n) is 2.54. The van der Waals surface area contributed by atoms with E-state index in [0.29, 0.717) is 18.8 Å². The minimum atomic E-state index is -0.0490. The van der Waals surface area contributed by atoms with Gasteiger partial charge < -0.3 is 5.32 Å². The standard InChI is InChI=1S/C21H20N2O/c1-16-12-20(23-15-18-10-6-3-7-11-18)21(24)13-19(16)22-14-17-8-4-2-5-9-17/h2-13,22H,14-15H2,1H3. The number of nitrogens with one attached hydrogen (secondary N) is 1. The summed E-state index contributed by atoms with van der Waals surface area (Å²) in [5, 5.41) is 3.33. The van der Waals surface area contributed by atoms with Crippen molar-refractivity contribution in [3.8, 4) is 0 Å². The lowest BCUT2D eigenvalue weighted by Crippen LogP contribution is -2.22. The topological polar surface area (TPSA) is 41.5 Å². The molecule has 24 heavy (non-hydrogen) atoms. The van der Waals surface area contributed by atoms with Crippen molar-refractivity contribution < 1.29 is 4.79 Å². The summed E-state index contributed by atoms with van der Waals surface area (Å²) in [5.74, 6) is -0.0490. The molecule has 2 aromatic carbocycles. The highest BCUT2D eigenvalue weighted by atomic mass is 16.1. The number of rotatable bonds is 5. The van der Waals surface area contributed by atoms with Crippen LogP contribution in [0.4, 0.5) is 0 Å². The molecule has 120 valence electrons. The summed E-state index contributed by atoms with van der Waals surface area (Å²) < 4.78 is 0. The van der Waals surface area contributed by atoms with Crippen LogP contribution in [0.2, 0.25) is 0 Å². The van der Waals surface area contributed by atoms with Crippen molar-refractivity contribution in [3.05, 3.63) is 95.2 Å². The Morgan fingerprint density at radius 2 is 1.50 bits per heavy atom. The van der Waals surface area contributed by atoms with E-state index in [9.17, 15) is 4.79 Å². The van der Waals surface area contributed by atoms with Gasteiger partial charge in [0.1, 0.15) is 5.71 Å². The Morgan fingerprint density at radius 3 is 2.17 bits per heavy atom. The van der Waals surface area contributed by atoms with Gasteiger partial charge in [-0.2, -0.15) is 0 Å². The molecule has 0 fully saturated rings. The van der Waals surface area contributed by atoms with E-state index in [1.807, 2.05) is 61.5 Å². The fourth-order valence-corrected chi connectivity index (χ4v) is 2.54. The predicted molar refractivity (Wildman–Crippen MR) is 97.7 cm³/mol. The number of carbonyl (C=O) groups excluding carboxylic acids is 1. The van der Waals surface area contributed by atoms with Crippen LogP contribution >= 0.6 is 0 Å². The number of nitrogens with zero attached hydrogens (tertiary/aromatic N) is 1. The van der Waals surface area contributed by atoms with Crippen molar-refractivity contribution >= 4 is 11.5 Å². The summed E-state index contributed by atoms with van der Waals surface area (Å²) in [6.45, 7) is 3.21. The van der Waals surface area contributed by atoms with Crippen LogP contribution in [0, 0.1) is 0 Å². The Labute approximate surface area is 142 Å². The lowest BCUT2D eigenvalue weighted by molar-refractivity contribution is -0.108. The number of allylic oxidation sites excluding steroid dienone is 3. The van der Waals surface area contributed by atoms with Gasteiger partial charge >= 0.3 is 0 Å². The van der Waals surface area contributed by atoms with E-state index < -0.39 is 0 Å². The molecule has 1 aliphatic carbocycles. The van der Waals surface area contributed by atoms with Gasteiger partial charge in [-0.05, 0) is 29.7 Å². The van der Waals surface area contributed by atoms with E-state index in [2.05, 4.69) is 22.4 Å². The second-order valence-corrected chi connectivity index (χ2v) is 5.78. The predicted octanol–water partition coefficient (Wildman–Crippen LogP) is 3.83. The van der Waals surface area contributed by atoms with Gasteiger partial charge in [0.15, 0.2) is 0 Å². The third-order valence-corrected chi connectivity index (χ3v) is 3.91. The normalized spacial score (nSPS) is 15.9. The summed E-state index contributed by atoms with van der Waals surface area (Å²) in [6.07, 6.45) is 3.50. The molecule has 0 unspecified atom stereocenters. The molecule has 1 aliphatic rings. The molecule has 0 saturated heterocycles. The molecule has 3 heteroatoms. The van der Waals surface area contributed by atoms with E-state index in [0.717, 1.165) is 16.8 Å². The maximum atomic E-state index is 12.3. The van der Waals surface area contributed by atoms with Gasteiger partial charge in [-0.15, -0.1) is 0 Å². The van der Waals surface area contributed by atoms with Crippen molar-refractivity contribution in [2.75, 3.05) is 0 Å². The van der Waals surface area contributed by atoms with Crippen LogP contribution in [0.3, 0.4) is 0 Å². The van der Waals surface area contributed by atoms with Crippen molar-refractivity contribution in [3.63, 3.8) is 0 Å². The highest BCUT2D eigenvalue weighted by Crippen LogP contribution is 2.14.